The molecule has 0 spiro atoms. The Balaban J connectivity index is 1.62. The lowest BCUT2D eigenvalue weighted by atomic mass is 10.0. The van der Waals surface area contributed by atoms with E-state index in [0.717, 1.165) is 27.8 Å². The van der Waals surface area contributed by atoms with Gasteiger partial charge in [0.2, 0.25) is 5.13 Å². The molecule has 2 aliphatic heterocycles. The molecule has 0 saturated carbocycles. The van der Waals surface area contributed by atoms with Crippen LogP contribution in [-0.4, -0.2) is 63.1 Å². The molecule has 3 heterocycles. The molecule has 0 saturated heterocycles. The van der Waals surface area contributed by atoms with Gasteiger partial charge in [-0.05, 0) is 50.5 Å². The first-order valence-corrected chi connectivity index (χ1v) is 12.4. The van der Waals surface area contributed by atoms with Gasteiger partial charge in [0.15, 0.2) is 0 Å². The summed E-state index contributed by atoms with van der Waals surface area (Å²) >= 11 is 7.94. The van der Waals surface area contributed by atoms with Gasteiger partial charge in [-0.25, -0.2) is 4.79 Å². The summed E-state index contributed by atoms with van der Waals surface area (Å²) in [4.78, 5) is 13.1. The predicted octanol–water partition coefficient (Wildman–Crippen LogP) is 5.37. The number of carbonyl (C=O) groups is 1. The highest BCUT2D eigenvalue weighted by Crippen LogP contribution is 2.41. The molecule has 0 fully saturated rings. The second-order valence-corrected chi connectivity index (χ2v) is 10.5. The van der Waals surface area contributed by atoms with E-state index in [2.05, 4.69) is 41.0 Å². The van der Waals surface area contributed by atoms with Crippen LogP contribution in [0.4, 0.5) is 9.93 Å². The Hall–Kier alpha value is -2.52. The van der Waals surface area contributed by atoms with Crippen LogP contribution in [0, 0.1) is 5.92 Å². The Morgan fingerprint density at radius 3 is 2.70 bits per heavy atom. The van der Waals surface area contributed by atoms with Gasteiger partial charge in [-0.15, -0.1) is 10.2 Å². The number of nitrogens with zero attached hydrogens (tertiary/aromatic N) is 5. The lowest BCUT2D eigenvalue weighted by molar-refractivity contribution is 0.145. The molecule has 2 aromatic rings. The number of amides is 1. The number of carboxylic acid groups (broad SMARTS) is 1. The zero-order chi connectivity index (χ0) is 23.9. The number of rotatable bonds is 6. The zero-order valence-corrected chi connectivity index (χ0v) is 21.2. The van der Waals surface area contributed by atoms with Crippen molar-refractivity contribution in [1.82, 2.24) is 20.1 Å². The van der Waals surface area contributed by atoms with Crippen LogP contribution in [0.1, 0.15) is 41.0 Å². The monoisotopic (exact) mass is 491 g/mol. The van der Waals surface area contributed by atoms with Gasteiger partial charge in [0, 0.05) is 37.3 Å². The first kappa shape index (κ1) is 23.6. The van der Waals surface area contributed by atoms with Gasteiger partial charge in [0.05, 0.1) is 17.2 Å². The minimum Gasteiger partial charge on any atom is -0.489 e. The van der Waals surface area contributed by atoms with Gasteiger partial charge in [-0.2, -0.15) is 0 Å². The minimum absolute atomic E-state index is 0.00658. The molecule has 2 aliphatic rings. The molecule has 0 radical (unpaired) electrons. The molecule has 1 atom stereocenters. The van der Waals surface area contributed by atoms with Crippen LogP contribution >= 0.6 is 22.9 Å². The zero-order valence-electron chi connectivity index (χ0n) is 19.6. The molecule has 1 amide bonds. The largest absolute Gasteiger partial charge is 0.489 e. The molecule has 0 bridgehead atoms. The quantitative estimate of drug-likeness (QED) is 0.582. The van der Waals surface area contributed by atoms with Crippen molar-refractivity contribution in [2.45, 2.75) is 53.2 Å². The normalized spacial score (nSPS) is 18.5. The van der Waals surface area contributed by atoms with Crippen LogP contribution in [0.25, 0.3) is 10.6 Å². The second kappa shape index (κ2) is 9.38. The lowest BCUT2D eigenvalue weighted by Crippen LogP contribution is -2.43. The molecule has 1 aromatic carbocycles. The number of anilines is 1. The number of hydrogen-bond acceptors (Lipinski definition) is 7. The highest BCUT2D eigenvalue weighted by atomic mass is 35.5. The highest BCUT2D eigenvalue weighted by molar-refractivity contribution is 7.18. The third-order valence-electron chi connectivity index (χ3n) is 5.75. The maximum Gasteiger partial charge on any atom is 0.407 e. The number of hydrazine groups is 1. The second-order valence-electron chi connectivity index (χ2n) is 9.12. The minimum atomic E-state index is -0.873. The Morgan fingerprint density at radius 1 is 1.30 bits per heavy atom. The van der Waals surface area contributed by atoms with Crippen LogP contribution in [-0.2, 0) is 0 Å². The van der Waals surface area contributed by atoms with Crippen LogP contribution in [0.2, 0.25) is 5.02 Å². The van der Waals surface area contributed by atoms with E-state index in [4.69, 9.17) is 16.3 Å². The number of halogens is 1. The highest BCUT2D eigenvalue weighted by Gasteiger charge is 2.41. The fourth-order valence-electron chi connectivity index (χ4n) is 4.32. The molecule has 1 unspecified atom stereocenters. The smallest absolute Gasteiger partial charge is 0.407 e. The van der Waals surface area contributed by atoms with E-state index in [9.17, 15) is 9.90 Å². The Kier molecular flexibility index (Phi) is 6.72. The summed E-state index contributed by atoms with van der Waals surface area (Å²) in [6, 6.07) is 5.67. The third kappa shape index (κ3) is 4.75. The third-order valence-corrected chi connectivity index (χ3v) is 7.01. The molecule has 178 valence electrons. The molecule has 33 heavy (non-hydrogen) atoms. The van der Waals surface area contributed by atoms with Gasteiger partial charge in [0.25, 0.3) is 0 Å². The van der Waals surface area contributed by atoms with E-state index >= 15 is 0 Å². The first-order chi connectivity index (χ1) is 15.7. The Morgan fingerprint density at radius 2 is 2.06 bits per heavy atom. The van der Waals surface area contributed by atoms with Crippen molar-refractivity contribution in [2.75, 3.05) is 24.6 Å². The van der Waals surface area contributed by atoms with Crippen LogP contribution in [0.3, 0.4) is 0 Å². The average Bonchev–Trinajstić information content (AvgIpc) is 3.32. The summed E-state index contributed by atoms with van der Waals surface area (Å²) in [7, 11) is 0. The number of hydrogen-bond donors (Lipinski definition) is 1. The molecule has 1 N–H and O–H groups in total. The maximum absolute atomic E-state index is 11.6. The summed E-state index contributed by atoms with van der Waals surface area (Å²) in [6.07, 6.45) is -0.128. The molecular weight excluding hydrogens is 462 g/mol. The SMILES string of the molecule is CC(C)CN1C2=C(CN(C(=O)O)CC2)C(C)N1c1nnc(-c2ccc(OC(C)C)c(Cl)c2)s1. The van der Waals surface area contributed by atoms with Crippen LogP contribution < -0.4 is 9.75 Å². The summed E-state index contributed by atoms with van der Waals surface area (Å²) < 4.78 is 5.74. The van der Waals surface area contributed by atoms with Crippen molar-refractivity contribution < 1.29 is 14.6 Å². The van der Waals surface area contributed by atoms with Crippen molar-refractivity contribution in [1.29, 1.82) is 0 Å². The summed E-state index contributed by atoms with van der Waals surface area (Å²) in [5, 5.41) is 25.0. The summed E-state index contributed by atoms with van der Waals surface area (Å²) in [5.74, 6) is 1.08. The molecule has 4 rings (SSSR count). The molecule has 1 aromatic heterocycles. The van der Waals surface area contributed by atoms with E-state index in [1.165, 1.54) is 21.9 Å². The number of ether oxygens (including phenoxy) is 1. The molecule has 0 aliphatic carbocycles. The molecular formula is C23H30ClN5O3S. The summed E-state index contributed by atoms with van der Waals surface area (Å²) in [5.41, 5.74) is 3.24. The number of aromatic nitrogens is 2. The number of benzene rings is 1. The van der Waals surface area contributed by atoms with E-state index in [0.29, 0.717) is 36.2 Å². The van der Waals surface area contributed by atoms with E-state index in [-0.39, 0.29) is 12.1 Å². The van der Waals surface area contributed by atoms with E-state index in [1.807, 2.05) is 32.0 Å². The standard InChI is InChI=1S/C23H30ClN5O3S/c1-13(2)11-28-19-8-9-27(23(30)31)12-17(19)15(5)29(28)22-26-25-21(33-22)16-6-7-20(18(24)10-16)32-14(3)4/h6-7,10,13-15H,8-9,11-12H2,1-5H3,(H,30,31). The van der Waals surface area contributed by atoms with Crippen molar-refractivity contribution in [2.24, 2.45) is 5.92 Å². The maximum atomic E-state index is 11.6. The van der Waals surface area contributed by atoms with Gasteiger partial charge in [-0.1, -0.05) is 36.8 Å². The van der Waals surface area contributed by atoms with Crippen molar-refractivity contribution >= 4 is 34.2 Å². The average molecular weight is 492 g/mol. The van der Waals surface area contributed by atoms with Crippen molar-refractivity contribution in [3.8, 4) is 16.3 Å². The van der Waals surface area contributed by atoms with Gasteiger partial charge in [-0.3, -0.25) is 10.0 Å². The van der Waals surface area contributed by atoms with Gasteiger partial charge < -0.3 is 14.7 Å². The topological polar surface area (TPSA) is 82.0 Å². The van der Waals surface area contributed by atoms with Crippen LogP contribution in [0.15, 0.2) is 29.5 Å². The fourth-order valence-corrected chi connectivity index (χ4v) is 5.47. The fraction of sp³-hybridized carbons (Fsp3) is 0.522. The van der Waals surface area contributed by atoms with Gasteiger partial charge >= 0.3 is 6.09 Å². The summed E-state index contributed by atoms with van der Waals surface area (Å²) in [6.45, 7) is 12.2. The molecule has 10 heteroatoms. The van der Waals surface area contributed by atoms with E-state index in [1.54, 1.807) is 0 Å². The van der Waals surface area contributed by atoms with E-state index < -0.39 is 6.09 Å². The van der Waals surface area contributed by atoms with Gasteiger partial charge in [0.1, 0.15) is 10.8 Å². The molecule has 8 nitrogen and oxygen atoms in total. The van der Waals surface area contributed by atoms with Crippen molar-refractivity contribution in [3.05, 3.63) is 34.5 Å². The van der Waals surface area contributed by atoms with Crippen LogP contribution in [0.5, 0.6) is 5.75 Å². The Labute approximate surface area is 203 Å². The predicted molar refractivity (Wildman–Crippen MR) is 131 cm³/mol. The first-order valence-electron chi connectivity index (χ1n) is 11.2. The lowest BCUT2D eigenvalue weighted by Gasteiger charge is -2.35. The van der Waals surface area contributed by atoms with Crippen molar-refractivity contribution in [3.63, 3.8) is 0 Å². The Bertz CT molecular complexity index is 1070.